The van der Waals surface area contributed by atoms with E-state index in [0.717, 1.165) is 24.0 Å². The van der Waals surface area contributed by atoms with Crippen LogP contribution in [0.15, 0.2) is 22.0 Å². The van der Waals surface area contributed by atoms with Crippen LogP contribution in [0.2, 0.25) is 0 Å². The van der Waals surface area contributed by atoms with Gasteiger partial charge in [0.1, 0.15) is 29.1 Å². The fraction of sp³-hybridized carbons (Fsp3) is 0.562. The molecule has 0 saturated carbocycles. The van der Waals surface area contributed by atoms with E-state index < -0.39 is 46.5 Å². The zero-order valence-electron chi connectivity index (χ0n) is 14.4. The predicted octanol–water partition coefficient (Wildman–Crippen LogP) is 4.88. The van der Waals surface area contributed by atoms with Crippen molar-refractivity contribution in [2.24, 2.45) is 4.99 Å². The van der Waals surface area contributed by atoms with Gasteiger partial charge in [-0.1, -0.05) is 0 Å². The third kappa shape index (κ3) is 5.43. The van der Waals surface area contributed by atoms with E-state index in [0.29, 0.717) is 6.42 Å². The van der Waals surface area contributed by atoms with Crippen LogP contribution in [0, 0.1) is 12.7 Å². The predicted molar refractivity (Wildman–Crippen MR) is 87.0 cm³/mol. The van der Waals surface area contributed by atoms with Gasteiger partial charge in [0.15, 0.2) is 0 Å². The van der Waals surface area contributed by atoms with Crippen LogP contribution in [0.1, 0.15) is 25.3 Å². The number of hydrogen-bond donors (Lipinski definition) is 0. The number of rotatable bonds is 4. The van der Waals surface area contributed by atoms with Gasteiger partial charge in [0.2, 0.25) is 0 Å². The van der Waals surface area contributed by atoms with Crippen molar-refractivity contribution >= 4 is 22.3 Å². The number of likely N-dealkylation sites (tertiary alicyclic amines) is 1. The maximum Gasteiger partial charge on any atom is 0.408 e. The Bertz CT molecular complexity index is 758. The molecule has 0 aliphatic carbocycles. The van der Waals surface area contributed by atoms with E-state index in [1.807, 2.05) is 0 Å². The lowest BCUT2D eigenvalue weighted by Crippen LogP contribution is -2.44. The van der Waals surface area contributed by atoms with E-state index in [1.165, 1.54) is 6.92 Å². The Balaban J connectivity index is 2.39. The maximum absolute atomic E-state index is 14.2. The molecule has 11 heteroatoms. The molecule has 2 rings (SSSR count). The van der Waals surface area contributed by atoms with Crippen molar-refractivity contribution in [2.45, 2.75) is 50.0 Å². The highest BCUT2D eigenvalue weighted by Crippen LogP contribution is 2.32. The summed E-state index contributed by atoms with van der Waals surface area (Å²) in [5.74, 6) is -2.51. The van der Waals surface area contributed by atoms with Gasteiger partial charge in [-0.25, -0.2) is 9.38 Å². The number of hydrogen-bond acceptors (Lipinski definition) is 2. The Kier molecular flexibility index (Phi) is 6.23. The van der Waals surface area contributed by atoms with Crippen molar-refractivity contribution in [3.63, 3.8) is 0 Å². The summed E-state index contributed by atoms with van der Waals surface area (Å²) in [6.45, 7) is 2.34. The Hall–Kier alpha value is -1.65. The summed E-state index contributed by atoms with van der Waals surface area (Å²) in [7, 11) is -2.47. The first kappa shape index (κ1) is 21.6. The number of aryl methyl sites for hydroxylation is 1. The molecule has 27 heavy (non-hydrogen) atoms. The van der Waals surface area contributed by atoms with Gasteiger partial charge < -0.3 is 4.90 Å². The Morgan fingerprint density at radius 3 is 2.41 bits per heavy atom. The molecule has 2 unspecified atom stereocenters. The highest BCUT2D eigenvalue weighted by atomic mass is 32.2. The molecule has 0 spiro atoms. The van der Waals surface area contributed by atoms with Crippen molar-refractivity contribution in [1.29, 1.82) is 0 Å². The number of nitrogens with zero attached hydrogens (tertiary/aromatic N) is 2. The molecule has 0 aromatic heterocycles. The molecule has 1 aliphatic rings. The number of halogens is 7. The lowest BCUT2D eigenvalue weighted by atomic mass is 10.2. The summed E-state index contributed by atoms with van der Waals surface area (Å²) < 4.78 is 102. The molecular formula is C16H17F7N2OS. The molecule has 1 aliphatic heterocycles. The largest absolute Gasteiger partial charge is 0.408 e. The number of benzene rings is 1. The van der Waals surface area contributed by atoms with Crippen molar-refractivity contribution in [3.8, 4) is 0 Å². The van der Waals surface area contributed by atoms with E-state index >= 15 is 0 Å². The van der Waals surface area contributed by atoms with Gasteiger partial charge in [0.05, 0.1) is 10.8 Å². The van der Waals surface area contributed by atoms with E-state index in [1.54, 1.807) is 0 Å². The van der Waals surface area contributed by atoms with Crippen LogP contribution >= 0.6 is 0 Å². The Labute approximate surface area is 153 Å². The smallest absolute Gasteiger partial charge is 0.348 e. The van der Waals surface area contributed by atoms with E-state index in [9.17, 15) is 34.9 Å². The van der Waals surface area contributed by atoms with Crippen molar-refractivity contribution in [1.82, 2.24) is 4.90 Å². The highest BCUT2D eigenvalue weighted by Gasteiger charge is 2.42. The van der Waals surface area contributed by atoms with Gasteiger partial charge in [-0.05, 0) is 38.0 Å². The SMILES string of the molecule is Cc1cc(F)c(N=C2CCCN2C(C)C(F)(F)F)cc1S(=O)CC(F)(F)F. The van der Waals surface area contributed by atoms with Crippen molar-refractivity contribution < 1.29 is 34.9 Å². The Morgan fingerprint density at radius 2 is 1.85 bits per heavy atom. The minimum Gasteiger partial charge on any atom is -0.348 e. The second-order valence-electron chi connectivity index (χ2n) is 6.22. The average Bonchev–Trinajstić information content (AvgIpc) is 2.94. The van der Waals surface area contributed by atoms with E-state index in [-0.39, 0.29) is 29.3 Å². The van der Waals surface area contributed by atoms with E-state index in [4.69, 9.17) is 0 Å². The molecule has 0 amide bonds. The monoisotopic (exact) mass is 418 g/mol. The maximum atomic E-state index is 14.2. The summed E-state index contributed by atoms with van der Waals surface area (Å²) in [6.07, 6.45) is -8.62. The molecule has 1 heterocycles. The standard InChI is InChI=1S/C16H17F7N2OS/c1-9-6-11(17)12(7-13(9)27(26)8-15(18,19)20)24-14-4-3-5-25(14)10(2)16(21,22)23/h6-7,10H,3-5,8H2,1-2H3. The second kappa shape index (κ2) is 7.76. The van der Waals surface area contributed by atoms with Crippen LogP contribution in [0.3, 0.4) is 0 Å². The first-order valence-electron chi connectivity index (χ1n) is 7.96. The van der Waals surface area contributed by atoms with Gasteiger partial charge in [-0.2, -0.15) is 26.3 Å². The fourth-order valence-electron chi connectivity index (χ4n) is 2.73. The van der Waals surface area contributed by atoms with Crippen LogP contribution in [0.5, 0.6) is 0 Å². The van der Waals surface area contributed by atoms with Crippen LogP contribution in [0.25, 0.3) is 0 Å². The third-order valence-corrected chi connectivity index (χ3v) is 5.63. The molecule has 152 valence electrons. The van der Waals surface area contributed by atoms with Crippen LogP contribution in [0.4, 0.5) is 36.4 Å². The zero-order chi connectivity index (χ0) is 20.6. The van der Waals surface area contributed by atoms with Gasteiger partial charge in [-0.15, -0.1) is 0 Å². The minimum atomic E-state index is -4.68. The fourth-order valence-corrected chi connectivity index (χ4v) is 3.85. The highest BCUT2D eigenvalue weighted by molar-refractivity contribution is 7.85. The molecule has 1 fully saturated rings. The summed E-state index contributed by atoms with van der Waals surface area (Å²) in [6, 6.07) is -0.0323. The van der Waals surface area contributed by atoms with Crippen LogP contribution < -0.4 is 0 Å². The third-order valence-electron chi connectivity index (χ3n) is 4.11. The lowest BCUT2D eigenvalue weighted by molar-refractivity contribution is -0.167. The molecule has 0 bridgehead atoms. The number of amidine groups is 1. The van der Waals surface area contributed by atoms with Gasteiger partial charge in [-0.3, -0.25) is 4.21 Å². The lowest BCUT2D eigenvalue weighted by Gasteiger charge is -2.28. The molecule has 1 aromatic carbocycles. The minimum absolute atomic E-state index is 0.00451. The molecular weight excluding hydrogens is 401 g/mol. The topological polar surface area (TPSA) is 32.7 Å². The second-order valence-corrected chi connectivity index (χ2v) is 7.64. The molecule has 0 radical (unpaired) electrons. The summed E-state index contributed by atoms with van der Waals surface area (Å²) >= 11 is 0. The van der Waals surface area contributed by atoms with Crippen LogP contribution in [-0.2, 0) is 10.8 Å². The summed E-state index contributed by atoms with van der Waals surface area (Å²) in [5.41, 5.74) is -0.381. The molecule has 2 atom stereocenters. The molecule has 3 nitrogen and oxygen atoms in total. The number of aliphatic imine (C=N–C) groups is 1. The normalized spacial score (nSPS) is 19.6. The van der Waals surface area contributed by atoms with Crippen molar-refractivity contribution in [2.75, 3.05) is 12.3 Å². The summed E-state index contributed by atoms with van der Waals surface area (Å²) in [4.78, 5) is 4.65. The number of alkyl halides is 6. The van der Waals surface area contributed by atoms with Gasteiger partial charge >= 0.3 is 12.4 Å². The summed E-state index contributed by atoms with van der Waals surface area (Å²) in [5, 5.41) is 0. The molecule has 1 saturated heterocycles. The molecule has 1 aromatic rings. The quantitative estimate of drug-likeness (QED) is 0.653. The first-order valence-corrected chi connectivity index (χ1v) is 9.27. The average molecular weight is 418 g/mol. The van der Waals surface area contributed by atoms with Crippen molar-refractivity contribution in [3.05, 3.63) is 23.5 Å². The van der Waals surface area contributed by atoms with Gasteiger partial charge in [0, 0.05) is 17.9 Å². The Morgan fingerprint density at radius 1 is 1.22 bits per heavy atom. The first-order chi connectivity index (χ1) is 12.3. The van der Waals surface area contributed by atoms with E-state index in [2.05, 4.69) is 4.99 Å². The zero-order valence-corrected chi connectivity index (χ0v) is 15.2. The van der Waals surface area contributed by atoms with Gasteiger partial charge in [0.25, 0.3) is 0 Å². The molecule has 0 N–H and O–H groups in total. The van der Waals surface area contributed by atoms with Crippen LogP contribution in [-0.4, -0.2) is 45.6 Å².